The Kier molecular flexibility index (Phi) is 6.70. The first-order valence-corrected chi connectivity index (χ1v) is 6.32. The third kappa shape index (κ3) is 5.82. The molecule has 0 spiro atoms. The molecule has 0 heterocycles. The van der Waals surface area contributed by atoms with Crippen LogP contribution in [0.1, 0.15) is 18.1 Å². The first-order valence-electron chi connectivity index (χ1n) is 6.32. The van der Waals surface area contributed by atoms with Crippen LogP contribution in [-0.4, -0.2) is 30.4 Å². The van der Waals surface area contributed by atoms with E-state index in [1.165, 1.54) is 0 Å². The van der Waals surface area contributed by atoms with E-state index in [4.69, 9.17) is 9.47 Å². The molecule has 20 heavy (non-hydrogen) atoms. The van der Waals surface area contributed by atoms with Gasteiger partial charge in [-0.05, 0) is 18.1 Å². The highest BCUT2D eigenvalue weighted by atomic mass is 16.5. The Morgan fingerprint density at radius 3 is 2.55 bits per heavy atom. The molecule has 0 bridgehead atoms. The molecule has 0 aliphatic carbocycles. The van der Waals surface area contributed by atoms with Gasteiger partial charge in [0, 0.05) is 5.57 Å². The average Bonchev–Trinajstić information content (AvgIpc) is 2.45. The predicted octanol–water partition coefficient (Wildman–Crippen LogP) is 2.33. The molecular formula is C16H20O4. The van der Waals surface area contributed by atoms with Crippen molar-refractivity contribution in [1.82, 2.24) is 0 Å². The lowest BCUT2D eigenvalue weighted by Crippen LogP contribution is -2.23. The smallest absolute Gasteiger partial charge is 0.333 e. The van der Waals surface area contributed by atoms with Gasteiger partial charge in [-0.15, -0.1) is 0 Å². The van der Waals surface area contributed by atoms with Gasteiger partial charge in [0.1, 0.15) is 12.7 Å². The first-order chi connectivity index (χ1) is 9.52. The van der Waals surface area contributed by atoms with Crippen molar-refractivity contribution in [2.45, 2.75) is 19.6 Å². The fourth-order valence-corrected chi connectivity index (χ4v) is 1.41. The summed E-state index contributed by atoms with van der Waals surface area (Å²) in [5.74, 6) is -0.510. The Labute approximate surface area is 119 Å². The minimum absolute atomic E-state index is 0.0961. The van der Waals surface area contributed by atoms with Gasteiger partial charge in [-0.1, -0.05) is 43.5 Å². The lowest BCUT2D eigenvalue weighted by Gasteiger charge is -2.12. The SMILES string of the molecule is C=Cc1ccc(COCC(O)COC(=O)C(=C)C)cc1. The molecule has 1 atom stereocenters. The summed E-state index contributed by atoms with van der Waals surface area (Å²) in [6.07, 6.45) is 0.926. The quantitative estimate of drug-likeness (QED) is 0.585. The molecule has 4 heteroatoms. The zero-order valence-electron chi connectivity index (χ0n) is 11.7. The largest absolute Gasteiger partial charge is 0.460 e. The minimum Gasteiger partial charge on any atom is -0.460 e. The maximum atomic E-state index is 11.1. The number of carbonyl (C=O) groups excluding carboxylic acids is 1. The second-order valence-electron chi connectivity index (χ2n) is 4.49. The van der Waals surface area contributed by atoms with Crippen molar-refractivity contribution < 1.29 is 19.4 Å². The summed E-state index contributed by atoms with van der Waals surface area (Å²) in [6.45, 7) is 9.09. The Morgan fingerprint density at radius 2 is 2.00 bits per heavy atom. The van der Waals surface area contributed by atoms with Crippen LogP contribution in [0, 0.1) is 0 Å². The molecule has 1 aromatic carbocycles. The van der Waals surface area contributed by atoms with Gasteiger partial charge in [0.15, 0.2) is 0 Å². The highest BCUT2D eigenvalue weighted by Crippen LogP contribution is 2.07. The van der Waals surface area contributed by atoms with Gasteiger partial charge in [-0.2, -0.15) is 0 Å². The molecule has 0 fully saturated rings. The second kappa shape index (κ2) is 8.30. The van der Waals surface area contributed by atoms with E-state index < -0.39 is 12.1 Å². The molecule has 0 amide bonds. The summed E-state index contributed by atoms with van der Waals surface area (Å²) in [5.41, 5.74) is 2.35. The van der Waals surface area contributed by atoms with Crippen molar-refractivity contribution in [3.05, 3.63) is 54.1 Å². The summed E-state index contributed by atoms with van der Waals surface area (Å²) in [5, 5.41) is 9.59. The Balaban J connectivity index is 2.24. The first kappa shape index (κ1) is 16.1. The van der Waals surface area contributed by atoms with Gasteiger partial charge >= 0.3 is 5.97 Å². The standard InChI is InChI=1S/C16H20O4/c1-4-13-5-7-14(8-6-13)9-19-10-15(17)11-20-16(18)12(2)3/h4-8,15,17H,1-2,9-11H2,3H3. The number of benzene rings is 1. The summed E-state index contributed by atoms with van der Waals surface area (Å²) < 4.78 is 10.2. The molecule has 1 unspecified atom stereocenters. The van der Waals surface area contributed by atoms with E-state index in [-0.39, 0.29) is 13.2 Å². The molecule has 0 saturated heterocycles. The fraction of sp³-hybridized carbons (Fsp3) is 0.312. The van der Waals surface area contributed by atoms with E-state index >= 15 is 0 Å². The number of carbonyl (C=O) groups is 1. The molecule has 0 radical (unpaired) electrons. The normalized spacial score (nSPS) is 11.7. The lowest BCUT2D eigenvalue weighted by atomic mass is 10.1. The van der Waals surface area contributed by atoms with Gasteiger partial charge in [0.05, 0.1) is 13.2 Å². The van der Waals surface area contributed by atoms with Crippen molar-refractivity contribution in [2.75, 3.05) is 13.2 Å². The molecule has 108 valence electrons. The van der Waals surface area contributed by atoms with E-state index in [0.29, 0.717) is 12.2 Å². The van der Waals surface area contributed by atoms with Crippen LogP contribution >= 0.6 is 0 Å². The van der Waals surface area contributed by atoms with E-state index in [2.05, 4.69) is 13.2 Å². The van der Waals surface area contributed by atoms with Crippen LogP contribution in [0.4, 0.5) is 0 Å². The van der Waals surface area contributed by atoms with E-state index in [0.717, 1.165) is 11.1 Å². The van der Waals surface area contributed by atoms with Crippen molar-refractivity contribution in [3.8, 4) is 0 Å². The number of aliphatic hydroxyl groups excluding tert-OH is 1. The summed E-state index contributed by atoms with van der Waals surface area (Å²) >= 11 is 0. The highest BCUT2D eigenvalue weighted by Gasteiger charge is 2.09. The van der Waals surface area contributed by atoms with Crippen LogP contribution < -0.4 is 0 Å². The van der Waals surface area contributed by atoms with Gasteiger partial charge in [0.2, 0.25) is 0 Å². The Morgan fingerprint density at radius 1 is 1.35 bits per heavy atom. The van der Waals surface area contributed by atoms with Gasteiger partial charge in [-0.25, -0.2) is 4.79 Å². The average molecular weight is 276 g/mol. The van der Waals surface area contributed by atoms with Crippen LogP contribution in [0.2, 0.25) is 0 Å². The summed E-state index contributed by atoms with van der Waals surface area (Å²) in [4.78, 5) is 11.1. The van der Waals surface area contributed by atoms with Crippen LogP contribution in [0.15, 0.2) is 43.0 Å². The van der Waals surface area contributed by atoms with Crippen molar-refractivity contribution in [3.63, 3.8) is 0 Å². The van der Waals surface area contributed by atoms with E-state index in [1.54, 1.807) is 13.0 Å². The molecule has 1 N–H and O–H groups in total. The van der Waals surface area contributed by atoms with Gasteiger partial charge < -0.3 is 14.6 Å². The Bertz CT molecular complexity index is 462. The second-order valence-corrected chi connectivity index (χ2v) is 4.49. The van der Waals surface area contributed by atoms with Crippen LogP contribution in [0.25, 0.3) is 6.08 Å². The molecule has 1 aromatic rings. The zero-order chi connectivity index (χ0) is 15.0. The molecule has 0 aliphatic heterocycles. The number of ether oxygens (including phenoxy) is 2. The van der Waals surface area contributed by atoms with Crippen LogP contribution in [0.3, 0.4) is 0 Å². The maximum Gasteiger partial charge on any atom is 0.333 e. The number of rotatable bonds is 8. The molecule has 0 aliphatic rings. The van der Waals surface area contributed by atoms with Crippen LogP contribution in [-0.2, 0) is 20.9 Å². The monoisotopic (exact) mass is 276 g/mol. The van der Waals surface area contributed by atoms with E-state index in [1.807, 2.05) is 24.3 Å². The van der Waals surface area contributed by atoms with Gasteiger partial charge in [-0.3, -0.25) is 0 Å². The third-order valence-electron chi connectivity index (χ3n) is 2.55. The van der Waals surface area contributed by atoms with E-state index in [9.17, 15) is 9.90 Å². The topological polar surface area (TPSA) is 55.8 Å². The molecule has 0 aromatic heterocycles. The third-order valence-corrected chi connectivity index (χ3v) is 2.55. The lowest BCUT2D eigenvalue weighted by molar-refractivity contribution is -0.143. The molecule has 4 nitrogen and oxygen atoms in total. The number of aliphatic hydroxyl groups is 1. The number of hydrogen-bond donors (Lipinski definition) is 1. The zero-order valence-corrected chi connectivity index (χ0v) is 11.7. The Hall–Kier alpha value is -1.91. The van der Waals surface area contributed by atoms with Gasteiger partial charge in [0.25, 0.3) is 0 Å². The predicted molar refractivity (Wildman–Crippen MR) is 78.0 cm³/mol. The molecular weight excluding hydrogens is 256 g/mol. The number of esters is 1. The number of hydrogen-bond acceptors (Lipinski definition) is 4. The van der Waals surface area contributed by atoms with Crippen LogP contribution in [0.5, 0.6) is 0 Å². The molecule has 0 saturated carbocycles. The van der Waals surface area contributed by atoms with Crippen molar-refractivity contribution in [1.29, 1.82) is 0 Å². The molecule has 1 rings (SSSR count). The minimum atomic E-state index is -0.842. The maximum absolute atomic E-state index is 11.1. The summed E-state index contributed by atoms with van der Waals surface area (Å²) in [6, 6.07) is 7.75. The fourth-order valence-electron chi connectivity index (χ4n) is 1.41. The van der Waals surface area contributed by atoms with Crippen molar-refractivity contribution in [2.24, 2.45) is 0 Å². The van der Waals surface area contributed by atoms with Crippen molar-refractivity contribution >= 4 is 12.0 Å². The highest BCUT2D eigenvalue weighted by molar-refractivity contribution is 5.86. The summed E-state index contributed by atoms with van der Waals surface area (Å²) in [7, 11) is 0.